The summed E-state index contributed by atoms with van der Waals surface area (Å²) < 4.78 is 0. The van der Waals surface area contributed by atoms with Crippen molar-refractivity contribution < 1.29 is 0 Å². The van der Waals surface area contributed by atoms with Gasteiger partial charge in [0.15, 0.2) is 0 Å². The van der Waals surface area contributed by atoms with E-state index in [1.54, 1.807) is 0 Å². The standard InChI is InChI=1S/C18H33N3/c1-4-15-7-9-17(10-8-15)21(3)13-11-16-6-5-12-18(16,14-19)20-2/h15-17,20H,4-13H2,1-3H3. The van der Waals surface area contributed by atoms with E-state index in [-0.39, 0.29) is 5.54 Å². The fourth-order valence-electron chi connectivity index (χ4n) is 4.54. The van der Waals surface area contributed by atoms with E-state index in [4.69, 9.17) is 0 Å². The maximum absolute atomic E-state index is 9.53. The lowest BCUT2D eigenvalue weighted by molar-refractivity contribution is 0.149. The van der Waals surface area contributed by atoms with Crippen LogP contribution in [0.3, 0.4) is 0 Å². The van der Waals surface area contributed by atoms with Gasteiger partial charge in [0.1, 0.15) is 5.54 Å². The highest BCUT2D eigenvalue weighted by Crippen LogP contribution is 2.37. The van der Waals surface area contributed by atoms with E-state index in [0.717, 1.165) is 24.9 Å². The molecule has 0 bridgehead atoms. The van der Waals surface area contributed by atoms with E-state index in [0.29, 0.717) is 5.92 Å². The molecular formula is C18H33N3. The fraction of sp³-hybridized carbons (Fsp3) is 0.944. The smallest absolute Gasteiger partial charge is 0.109 e. The van der Waals surface area contributed by atoms with Gasteiger partial charge in [-0.25, -0.2) is 0 Å². The molecule has 0 heterocycles. The molecule has 2 atom stereocenters. The molecule has 3 nitrogen and oxygen atoms in total. The third kappa shape index (κ3) is 3.79. The van der Waals surface area contributed by atoms with Crippen molar-refractivity contribution in [3.05, 3.63) is 0 Å². The first-order valence-electron chi connectivity index (χ1n) is 8.95. The Morgan fingerprint density at radius 3 is 2.52 bits per heavy atom. The first kappa shape index (κ1) is 16.8. The van der Waals surface area contributed by atoms with E-state index in [2.05, 4.69) is 30.3 Å². The molecule has 0 spiro atoms. The molecule has 0 radical (unpaired) electrons. The summed E-state index contributed by atoms with van der Waals surface area (Å²) in [5.74, 6) is 1.50. The summed E-state index contributed by atoms with van der Waals surface area (Å²) in [7, 11) is 4.25. The average Bonchev–Trinajstić information content (AvgIpc) is 2.96. The van der Waals surface area contributed by atoms with Crippen LogP contribution in [0, 0.1) is 23.2 Å². The average molecular weight is 291 g/mol. The Morgan fingerprint density at radius 1 is 1.24 bits per heavy atom. The van der Waals surface area contributed by atoms with Gasteiger partial charge in [0.2, 0.25) is 0 Å². The molecule has 120 valence electrons. The third-order valence-electron chi connectivity index (χ3n) is 6.31. The van der Waals surface area contributed by atoms with Gasteiger partial charge in [-0.3, -0.25) is 0 Å². The Bertz CT molecular complexity index is 354. The molecule has 1 N–H and O–H groups in total. The Morgan fingerprint density at radius 2 is 1.95 bits per heavy atom. The van der Waals surface area contributed by atoms with Gasteiger partial charge in [-0.15, -0.1) is 0 Å². The van der Waals surface area contributed by atoms with Crippen LogP contribution in [0.5, 0.6) is 0 Å². The van der Waals surface area contributed by atoms with Crippen molar-refractivity contribution in [2.45, 2.75) is 76.3 Å². The normalized spacial score (nSPS) is 36.8. The third-order valence-corrected chi connectivity index (χ3v) is 6.31. The Hall–Kier alpha value is -0.590. The van der Waals surface area contributed by atoms with Crippen LogP contribution in [0.15, 0.2) is 0 Å². The van der Waals surface area contributed by atoms with Crippen molar-refractivity contribution in [1.29, 1.82) is 5.26 Å². The predicted octanol–water partition coefficient (Wildman–Crippen LogP) is 3.56. The lowest BCUT2D eigenvalue weighted by Gasteiger charge is -2.36. The zero-order valence-electron chi connectivity index (χ0n) is 14.2. The molecule has 2 unspecified atom stereocenters. The van der Waals surface area contributed by atoms with Crippen molar-refractivity contribution in [3.8, 4) is 6.07 Å². The van der Waals surface area contributed by atoms with Gasteiger partial charge < -0.3 is 10.2 Å². The summed E-state index contributed by atoms with van der Waals surface area (Å²) in [5.41, 5.74) is -0.249. The highest BCUT2D eigenvalue weighted by Gasteiger charge is 2.41. The molecule has 2 aliphatic carbocycles. The fourth-order valence-corrected chi connectivity index (χ4v) is 4.54. The van der Waals surface area contributed by atoms with Gasteiger partial charge in [0, 0.05) is 6.04 Å². The number of rotatable bonds is 6. The van der Waals surface area contributed by atoms with E-state index >= 15 is 0 Å². The molecule has 2 saturated carbocycles. The van der Waals surface area contributed by atoms with Crippen molar-refractivity contribution in [2.75, 3.05) is 20.6 Å². The molecule has 0 aliphatic heterocycles. The number of hydrogen-bond acceptors (Lipinski definition) is 3. The minimum absolute atomic E-state index is 0.249. The van der Waals surface area contributed by atoms with Crippen LogP contribution in [0.2, 0.25) is 0 Å². The molecule has 2 rings (SSSR count). The lowest BCUT2D eigenvalue weighted by atomic mass is 9.83. The summed E-state index contributed by atoms with van der Waals surface area (Å²) in [6.45, 7) is 3.48. The largest absolute Gasteiger partial charge is 0.303 e. The van der Waals surface area contributed by atoms with Crippen LogP contribution in [0.25, 0.3) is 0 Å². The van der Waals surface area contributed by atoms with Crippen LogP contribution in [-0.2, 0) is 0 Å². The van der Waals surface area contributed by atoms with Gasteiger partial charge in [0.25, 0.3) is 0 Å². The van der Waals surface area contributed by atoms with E-state index in [9.17, 15) is 5.26 Å². The Kier molecular flexibility index (Phi) is 6.08. The summed E-state index contributed by atoms with van der Waals surface area (Å²) in [4.78, 5) is 2.57. The molecule has 0 aromatic carbocycles. The quantitative estimate of drug-likeness (QED) is 0.813. The van der Waals surface area contributed by atoms with Crippen LogP contribution in [0.1, 0.15) is 64.7 Å². The second-order valence-electron chi connectivity index (χ2n) is 7.27. The summed E-state index contributed by atoms with van der Waals surface area (Å²) in [6, 6.07) is 3.34. The Labute approximate surface area is 131 Å². The maximum Gasteiger partial charge on any atom is 0.109 e. The van der Waals surface area contributed by atoms with Crippen LogP contribution >= 0.6 is 0 Å². The molecule has 0 saturated heterocycles. The summed E-state index contributed by atoms with van der Waals surface area (Å²) in [5, 5.41) is 12.8. The van der Waals surface area contributed by atoms with Gasteiger partial charge in [0.05, 0.1) is 6.07 Å². The van der Waals surface area contributed by atoms with Crippen LogP contribution in [-0.4, -0.2) is 37.1 Å². The van der Waals surface area contributed by atoms with Gasteiger partial charge >= 0.3 is 0 Å². The van der Waals surface area contributed by atoms with Crippen molar-refractivity contribution in [1.82, 2.24) is 10.2 Å². The molecular weight excluding hydrogens is 258 g/mol. The number of nitrogens with zero attached hydrogens (tertiary/aromatic N) is 2. The highest BCUT2D eigenvalue weighted by molar-refractivity contribution is 5.13. The molecule has 0 aromatic rings. The molecule has 2 fully saturated rings. The van der Waals surface area contributed by atoms with Gasteiger partial charge in [-0.05, 0) is 77.4 Å². The molecule has 0 amide bonds. The van der Waals surface area contributed by atoms with E-state index in [1.165, 1.54) is 51.4 Å². The zero-order chi connectivity index (χ0) is 15.3. The minimum Gasteiger partial charge on any atom is -0.303 e. The monoisotopic (exact) mass is 291 g/mol. The number of nitriles is 1. The van der Waals surface area contributed by atoms with Crippen molar-refractivity contribution in [3.63, 3.8) is 0 Å². The SMILES string of the molecule is CCC1CCC(N(C)CCC2CCCC2(C#N)NC)CC1. The summed E-state index contributed by atoms with van der Waals surface area (Å²) >= 11 is 0. The maximum atomic E-state index is 9.53. The molecule has 21 heavy (non-hydrogen) atoms. The lowest BCUT2D eigenvalue weighted by Crippen LogP contribution is -2.46. The number of nitrogens with one attached hydrogen (secondary N) is 1. The first-order chi connectivity index (χ1) is 10.1. The molecule has 0 aromatic heterocycles. The molecule has 2 aliphatic rings. The predicted molar refractivity (Wildman–Crippen MR) is 88.0 cm³/mol. The van der Waals surface area contributed by atoms with Crippen LogP contribution < -0.4 is 5.32 Å². The first-order valence-corrected chi connectivity index (χ1v) is 8.95. The topological polar surface area (TPSA) is 39.1 Å². The van der Waals surface area contributed by atoms with Crippen molar-refractivity contribution >= 4 is 0 Å². The Balaban J connectivity index is 1.79. The van der Waals surface area contributed by atoms with Gasteiger partial charge in [-0.1, -0.05) is 19.8 Å². The second kappa shape index (κ2) is 7.61. The minimum atomic E-state index is -0.249. The number of hydrogen-bond donors (Lipinski definition) is 1. The zero-order valence-corrected chi connectivity index (χ0v) is 14.2. The summed E-state index contributed by atoms with van der Waals surface area (Å²) in [6.07, 6.45) is 11.5. The van der Waals surface area contributed by atoms with E-state index in [1.807, 2.05) is 7.05 Å². The van der Waals surface area contributed by atoms with Crippen LogP contribution in [0.4, 0.5) is 0 Å². The van der Waals surface area contributed by atoms with Gasteiger partial charge in [-0.2, -0.15) is 5.26 Å². The second-order valence-corrected chi connectivity index (χ2v) is 7.27. The van der Waals surface area contributed by atoms with E-state index < -0.39 is 0 Å². The van der Waals surface area contributed by atoms with Crippen molar-refractivity contribution in [2.24, 2.45) is 11.8 Å². The molecule has 3 heteroatoms. The highest BCUT2D eigenvalue weighted by atomic mass is 15.1.